The zero-order chi connectivity index (χ0) is 14.7. The van der Waals surface area contributed by atoms with Gasteiger partial charge in [-0.2, -0.15) is 0 Å². The van der Waals surface area contributed by atoms with Gasteiger partial charge < -0.3 is 15.4 Å². The molecule has 5 heteroatoms. The Morgan fingerprint density at radius 2 is 2.20 bits per heavy atom. The summed E-state index contributed by atoms with van der Waals surface area (Å²) in [7, 11) is 0. The van der Waals surface area contributed by atoms with Gasteiger partial charge in [-0.05, 0) is 45.2 Å². The first-order valence-corrected chi connectivity index (χ1v) is 7.15. The van der Waals surface area contributed by atoms with Crippen LogP contribution in [0.5, 0.6) is 5.88 Å². The molecule has 0 aliphatic heterocycles. The second kappa shape index (κ2) is 6.22. The maximum atomic E-state index is 12.1. The number of hydrogen-bond acceptors (Lipinski definition) is 4. The molecule has 5 nitrogen and oxygen atoms in total. The molecule has 1 aliphatic carbocycles. The fourth-order valence-corrected chi connectivity index (χ4v) is 2.09. The van der Waals surface area contributed by atoms with E-state index in [2.05, 4.69) is 4.98 Å². The SMILES string of the molecule is CC(C)Oc1cc(CN(C(=O)[C@H](C)N)C2CC2)ccn1. The summed E-state index contributed by atoms with van der Waals surface area (Å²) in [5, 5.41) is 0. The lowest BCUT2D eigenvalue weighted by Gasteiger charge is -2.24. The van der Waals surface area contributed by atoms with Crippen molar-refractivity contribution in [1.82, 2.24) is 9.88 Å². The summed E-state index contributed by atoms with van der Waals surface area (Å²) in [6.07, 6.45) is 3.94. The molecular formula is C15H23N3O2. The molecule has 0 radical (unpaired) electrons. The van der Waals surface area contributed by atoms with Crippen LogP contribution in [0, 0.1) is 0 Å². The van der Waals surface area contributed by atoms with Gasteiger partial charge in [0.1, 0.15) is 0 Å². The lowest BCUT2D eigenvalue weighted by atomic mass is 10.2. The van der Waals surface area contributed by atoms with Crippen LogP contribution < -0.4 is 10.5 Å². The third kappa shape index (κ3) is 3.93. The molecule has 0 saturated heterocycles. The number of carbonyl (C=O) groups is 1. The van der Waals surface area contributed by atoms with Crippen LogP contribution in [0.25, 0.3) is 0 Å². The van der Waals surface area contributed by atoms with Crippen molar-refractivity contribution in [3.05, 3.63) is 23.9 Å². The van der Waals surface area contributed by atoms with E-state index in [1.54, 1.807) is 13.1 Å². The van der Waals surface area contributed by atoms with Gasteiger partial charge in [-0.3, -0.25) is 4.79 Å². The fraction of sp³-hybridized carbons (Fsp3) is 0.600. The zero-order valence-corrected chi connectivity index (χ0v) is 12.4. The summed E-state index contributed by atoms with van der Waals surface area (Å²) in [5.41, 5.74) is 6.75. The number of carbonyl (C=O) groups excluding carboxylic acids is 1. The number of amides is 1. The second-order valence-electron chi connectivity index (χ2n) is 5.65. The summed E-state index contributed by atoms with van der Waals surface area (Å²) < 4.78 is 5.58. The van der Waals surface area contributed by atoms with E-state index < -0.39 is 6.04 Å². The Hall–Kier alpha value is -1.62. The molecule has 20 heavy (non-hydrogen) atoms. The Balaban J connectivity index is 2.08. The van der Waals surface area contributed by atoms with Crippen LogP contribution in [0.15, 0.2) is 18.3 Å². The minimum atomic E-state index is -0.455. The topological polar surface area (TPSA) is 68.5 Å². The van der Waals surface area contributed by atoms with E-state index in [9.17, 15) is 4.79 Å². The van der Waals surface area contributed by atoms with Gasteiger partial charge >= 0.3 is 0 Å². The van der Waals surface area contributed by atoms with Crippen molar-refractivity contribution in [2.24, 2.45) is 5.73 Å². The highest BCUT2D eigenvalue weighted by Crippen LogP contribution is 2.29. The molecule has 1 aromatic heterocycles. The average molecular weight is 277 g/mol. The van der Waals surface area contributed by atoms with Crippen molar-refractivity contribution < 1.29 is 9.53 Å². The lowest BCUT2D eigenvalue weighted by Crippen LogP contribution is -2.42. The predicted octanol–water partition coefficient (Wildman–Crippen LogP) is 1.71. The molecule has 0 bridgehead atoms. The highest BCUT2D eigenvalue weighted by Gasteiger charge is 2.33. The molecule has 1 aromatic rings. The second-order valence-corrected chi connectivity index (χ2v) is 5.65. The van der Waals surface area contributed by atoms with Crippen LogP contribution in [0.4, 0.5) is 0 Å². The summed E-state index contributed by atoms with van der Waals surface area (Å²) >= 11 is 0. The van der Waals surface area contributed by atoms with Crippen LogP contribution in [0.1, 0.15) is 39.2 Å². The van der Waals surface area contributed by atoms with Crippen molar-refractivity contribution in [2.75, 3.05) is 0 Å². The Morgan fingerprint density at radius 1 is 1.50 bits per heavy atom. The van der Waals surface area contributed by atoms with Gasteiger partial charge in [-0.1, -0.05) is 0 Å². The first-order valence-electron chi connectivity index (χ1n) is 7.15. The minimum absolute atomic E-state index is 0.00985. The normalized spacial score (nSPS) is 16.1. The summed E-state index contributed by atoms with van der Waals surface area (Å²) in [5.74, 6) is 0.608. The van der Waals surface area contributed by atoms with Crippen LogP contribution in [-0.4, -0.2) is 34.0 Å². The van der Waals surface area contributed by atoms with Crippen LogP contribution in [-0.2, 0) is 11.3 Å². The third-order valence-electron chi connectivity index (χ3n) is 3.17. The van der Waals surface area contributed by atoms with E-state index in [0.29, 0.717) is 18.5 Å². The molecule has 1 fully saturated rings. The van der Waals surface area contributed by atoms with Gasteiger partial charge in [0, 0.05) is 24.8 Å². The van der Waals surface area contributed by atoms with Gasteiger partial charge in [0.15, 0.2) is 0 Å². The van der Waals surface area contributed by atoms with Crippen LogP contribution in [0.3, 0.4) is 0 Å². The molecule has 2 N–H and O–H groups in total. The van der Waals surface area contributed by atoms with Gasteiger partial charge in [0.05, 0.1) is 12.1 Å². The van der Waals surface area contributed by atoms with E-state index in [4.69, 9.17) is 10.5 Å². The van der Waals surface area contributed by atoms with Crippen molar-refractivity contribution in [1.29, 1.82) is 0 Å². The standard InChI is InChI=1S/C15H23N3O2/c1-10(2)20-14-8-12(6-7-17-14)9-18(13-4-5-13)15(19)11(3)16/h6-8,10-11,13H,4-5,9,16H2,1-3H3/t11-/m0/s1. The highest BCUT2D eigenvalue weighted by atomic mass is 16.5. The van der Waals surface area contributed by atoms with Crippen molar-refractivity contribution in [3.63, 3.8) is 0 Å². The number of nitrogens with two attached hydrogens (primary N) is 1. The Bertz CT molecular complexity index is 470. The number of rotatable bonds is 6. The summed E-state index contributed by atoms with van der Waals surface area (Å²) in [6.45, 7) is 6.23. The number of pyridine rings is 1. The average Bonchev–Trinajstić information content (AvgIpc) is 3.19. The third-order valence-corrected chi connectivity index (χ3v) is 3.17. The monoisotopic (exact) mass is 277 g/mol. The number of hydrogen-bond donors (Lipinski definition) is 1. The maximum absolute atomic E-state index is 12.1. The Kier molecular flexibility index (Phi) is 4.60. The number of nitrogens with zero attached hydrogens (tertiary/aromatic N) is 2. The van der Waals surface area contributed by atoms with Crippen molar-refractivity contribution in [3.8, 4) is 5.88 Å². The first kappa shape index (κ1) is 14.8. The van der Waals surface area contributed by atoms with E-state index in [0.717, 1.165) is 18.4 Å². The molecule has 0 aromatic carbocycles. The first-order chi connectivity index (χ1) is 9.47. The van der Waals surface area contributed by atoms with E-state index in [-0.39, 0.29) is 12.0 Å². The number of aromatic nitrogens is 1. The minimum Gasteiger partial charge on any atom is -0.475 e. The molecule has 110 valence electrons. The quantitative estimate of drug-likeness (QED) is 0.859. The van der Waals surface area contributed by atoms with Gasteiger partial charge in [0.2, 0.25) is 11.8 Å². The summed E-state index contributed by atoms with van der Waals surface area (Å²) in [4.78, 5) is 18.2. The van der Waals surface area contributed by atoms with Gasteiger partial charge in [-0.25, -0.2) is 4.98 Å². The Labute approximate surface area is 120 Å². The molecule has 1 saturated carbocycles. The van der Waals surface area contributed by atoms with Gasteiger partial charge in [0.25, 0.3) is 0 Å². The zero-order valence-electron chi connectivity index (χ0n) is 12.4. The smallest absolute Gasteiger partial charge is 0.239 e. The molecule has 1 heterocycles. The summed E-state index contributed by atoms with van der Waals surface area (Å²) in [6, 6.07) is 3.70. The maximum Gasteiger partial charge on any atom is 0.239 e. The molecule has 0 unspecified atom stereocenters. The van der Waals surface area contributed by atoms with E-state index in [1.807, 2.05) is 30.9 Å². The molecular weight excluding hydrogens is 254 g/mol. The highest BCUT2D eigenvalue weighted by molar-refractivity contribution is 5.81. The lowest BCUT2D eigenvalue weighted by molar-refractivity contribution is -0.133. The Morgan fingerprint density at radius 3 is 2.75 bits per heavy atom. The van der Waals surface area contributed by atoms with Crippen LogP contribution in [0.2, 0.25) is 0 Å². The van der Waals surface area contributed by atoms with Crippen LogP contribution >= 0.6 is 0 Å². The predicted molar refractivity (Wildman–Crippen MR) is 77.2 cm³/mol. The molecule has 0 spiro atoms. The molecule has 2 rings (SSSR count). The van der Waals surface area contributed by atoms with Crippen molar-refractivity contribution in [2.45, 2.75) is 58.3 Å². The fourth-order valence-electron chi connectivity index (χ4n) is 2.09. The van der Waals surface area contributed by atoms with Gasteiger partial charge in [-0.15, -0.1) is 0 Å². The van der Waals surface area contributed by atoms with E-state index >= 15 is 0 Å². The number of ether oxygens (including phenoxy) is 1. The van der Waals surface area contributed by atoms with E-state index in [1.165, 1.54) is 0 Å². The largest absolute Gasteiger partial charge is 0.475 e. The van der Waals surface area contributed by atoms with Crippen molar-refractivity contribution >= 4 is 5.91 Å². The molecule has 1 atom stereocenters. The molecule has 1 aliphatic rings. The molecule has 1 amide bonds.